The second-order valence-corrected chi connectivity index (χ2v) is 8.60. The first kappa shape index (κ1) is 20.2. The van der Waals surface area contributed by atoms with Gasteiger partial charge < -0.3 is 10.1 Å². The molecule has 0 fully saturated rings. The Balaban J connectivity index is 1.90. The van der Waals surface area contributed by atoms with Crippen molar-refractivity contribution in [3.05, 3.63) is 42.5 Å². The van der Waals surface area contributed by atoms with Crippen LogP contribution in [0.3, 0.4) is 0 Å². The third kappa shape index (κ3) is 5.98. The molecule has 2 aromatic rings. The minimum absolute atomic E-state index is 0.0495. The van der Waals surface area contributed by atoms with Gasteiger partial charge in [-0.2, -0.15) is 0 Å². The fourth-order valence-corrected chi connectivity index (χ4v) is 3.02. The van der Waals surface area contributed by atoms with E-state index in [1.165, 1.54) is 6.07 Å². The van der Waals surface area contributed by atoms with Crippen molar-refractivity contribution in [2.75, 3.05) is 6.61 Å². The van der Waals surface area contributed by atoms with Crippen LogP contribution in [0.2, 0.25) is 0 Å². The maximum Gasteiger partial charge on any atom is 0.407 e. The van der Waals surface area contributed by atoms with Gasteiger partial charge >= 0.3 is 6.09 Å². The summed E-state index contributed by atoms with van der Waals surface area (Å²) in [7, 11) is -3.82. The molecular weight excluding hydrogens is 356 g/mol. The Hall–Kier alpha value is -2.16. The highest BCUT2D eigenvalue weighted by Crippen LogP contribution is 2.18. The molecule has 8 heteroatoms. The normalized spacial score (nSPS) is 13.4. The topological polar surface area (TPSA) is 93.7 Å². The summed E-state index contributed by atoms with van der Waals surface area (Å²) in [6, 6.07) is 11.8. The number of rotatable bonds is 6. The molecule has 0 aliphatic rings. The number of hydrogen-bond donors (Lipinski definition) is 2. The van der Waals surface area contributed by atoms with Gasteiger partial charge in [-0.1, -0.05) is 35.2 Å². The van der Waals surface area contributed by atoms with Crippen LogP contribution in [0.25, 0.3) is 10.8 Å². The summed E-state index contributed by atoms with van der Waals surface area (Å²) in [6.07, 6.45) is -0.592. The summed E-state index contributed by atoms with van der Waals surface area (Å²) in [6.45, 7) is 6.89. The lowest BCUT2D eigenvalue weighted by Gasteiger charge is -2.21. The van der Waals surface area contributed by atoms with E-state index in [9.17, 15) is 13.2 Å². The van der Waals surface area contributed by atoms with E-state index in [0.717, 1.165) is 10.8 Å². The van der Waals surface area contributed by atoms with Gasteiger partial charge in [-0.05, 0) is 50.6 Å². The Kier molecular flexibility index (Phi) is 6.22. The average Bonchev–Trinajstić information content (AvgIpc) is 2.52. The lowest BCUT2D eigenvalue weighted by Crippen LogP contribution is -2.41. The number of ether oxygens (including phenoxy) is 1. The van der Waals surface area contributed by atoms with E-state index < -0.39 is 27.8 Å². The molecule has 0 aliphatic carbocycles. The number of hydrogen-bond acceptors (Lipinski definition) is 5. The van der Waals surface area contributed by atoms with Crippen molar-refractivity contribution in [1.29, 1.82) is 0 Å². The van der Waals surface area contributed by atoms with Crippen molar-refractivity contribution in [2.45, 2.75) is 44.2 Å². The van der Waals surface area contributed by atoms with E-state index in [0.29, 0.717) is 0 Å². The Bertz CT molecular complexity index is 875. The maximum atomic E-state index is 12.3. The quantitative estimate of drug-likeness (QED) is 0.752. The van der Waals surface area contributed by atoms with E-state index in [4.69, 9.17) is 9.57 Å². The van der Waals surface area contributed by atoms with Gasteiger partial charge in [0.05, 0.1) is 17.5 Å². The van der Waals surface area contributed by atoms with Crippen LogP contribution in [0.5, 0.6) is 0 Å². The van der Waals surface area contributed by atoms with Crippen molar-refractivity contribution in [1.82, 2.24) is 10.2 Å². The molecule has 0 bridgehead atoms. The molecule has 0 aromatic heterocycles. The van der Waals surface area contributed by atoms with Crippen molar-refractivity contribution < 1.29 is 22.8 Å². The van der Waals surface area contributed by atoms with Crippen LogP contribution in [0.4, 0.5) is 4.79 Å². The Labute approximate surface area is 153 Å². The lowest BCUT2D eigenvalue weighted by atomic mass is 10.1. The third-order valence-corrected chi connectivity index (χ3v) is 4.51. The van der Waals surface area contributed by atoms with Crippen LogP contribution >= 0.6 is 0 Å². The first-order valence-electron chi connectivity index (χ1n) is 8.19. The van der Waals surface area contributed by atoms with Gasteiger partial charge in [0.25, 0.3) is 10.0 Å². The minimum atomic E-state index is -3.82. The van der Waals surface area contributed by atoms with Gasteiger partial charge in [0.1, 0.15) is 5.60 Å². The van der Waals surface area contributed by atoms with Gasteiger partial charge in [-0.15, -0.1) is 0 Å². The minimum Gasteiger partial charge on any atom is -0.444 e. The van der Waals surface area contributed by atoms with E-state index in [1.807, 2.05) is 24.3 Å². The molecule has 2 aromatic carbocycles. The predicted octanol–water partition coefficient (Wildman–Crippen LogP) is 2.96. The van der Waals surface area contributed by atoms with Gasteiger partial charge in [-0.3, -0.25) is 4.84 Å². The van der Waals surface area contributed by atoms with E-state index >= 15 is 0 Å². The van der Waals surface area contributed by atoms with Crippen molar-refractivity contribution in [3.8, 4) is 0 Å². The zero-order valence-electron chi connectivity index (χ0n) is 15.3. The molecule has 0 saturated heterocycles. The standard InChI is InChI=1S/C18H24N2O5S/c1-13(19-17(21)25-18(2,3)4)12-24-20-26(22,23)16-10-9-14-7-5-6-8-15(14)11-16/h5-11,13,20H,12H2,1-4H3,(H,19,21)/t13-/m1/s1. The number of alkyl carbamates (subject to hydrolysis) is 1. The van der Waals surface area contributed by atoms with Crippen LogP contribution < -0.4 is 10.2 Å². The van der Waals surface area contributed by atoms with Crippen LogP contribution in [0.15, 0.2) is 47.4 Å². The molecule has 2 N–H and O–H groups in total. The van der Waals surface area contributed by atoms with E-state index in [-0.39, 0.29) is 11.5 Å². The van der Waals surface area contributed by atoms with Gasteiger partial charge in [0, 0.05) is 0 Å². The molecule has 0 spiro atoms. The van der Waals surface area contributed by atoms with Crippen LogP contribution in [0, 0.1) is 0 Å². The van der Waals surface area contributed by atoms with E-state index in [2.05, 4.69) is 10.2 Å². The molecule has 0 unspecified atom stereocenters. The molecule has 26 heavy (non-hydrogen) atoms. The molecule has 0 saturated carbocycles. The SMILES string of the molecule is C[C@H](CONS(=O)(=O)c1ccc2ccccc2c1)NC(=O)OC(C)(C)C. The molecule has 1 amide bonds. The van der Waals surface area contributed by atoms with Crippen molar-refractivity contribution in [3.63, 3.8) is 0 Å². The molecule has 7 nitrogen and oxygen atoms in total. The number of carbonyl (C=O) groups is 1. The highest BCUT2D eigenvalue weighted by atomic mass is 32.2. The predicted molar refractivity (Wildman–Crippen MR) is 99.1 cm³/mol. The summed E-state index contributed by atoms with van der Waals surface area (Å²) in [5.74, 6) is 0. The largest absolute Gasteiger partial charge is 0.444 e. The molecular formula is C18H24N2O5S. The number of nitrogens with one attached hydrogen (secondary N) is 2. The molecule has 0 heterocycles. The second-order valence-electron chi connectivity index (χ2n) is 6.95. The van der Waals surface area contributed by atoms with Crippen LogP contribution in [0.1, 0.15) is 27.7 Å². The highest BCUT2D eigenvalue weighted by molar-refractivity contribution is 7.89. The Morgan fingerprint density at radius 2 is 1.77 bits per heavy atom. The third-order valence-electron chi connectivity index (χ3n) is 3.30. The smallest absolute Gasteiger partial charge is 0.407 e. The highest BCUT2D eigenvalue weighted by Gasteiger charge is 2.19. The Morgan fingerprint density at radius 3 is 2.42 bits per heavy atom. The van der Waals surface area contributed by atoms with Crippen molar-refractivity contribution >= 4 is 26.9 Å². The summed E-state index contributed by atoms with van der Waals surface area (Å²) < 4.78 is 29.8. The molecule has 0 radical (unpaired) electrons. The number of amides is 1. The molecule has 142 valence electrons. The number of carbonyl (C=O) groups excluding carboxylic acids is 1. The number of sulfonamides is 1. The molecule has 2 rings (SSSR count). The summed E-state index contributed by atoms with van der Waals surface area (Å²) in [5, 5.41) is 4.33. The van der Waals surface area contributed by atoms with Gasteiger partial charge in [0.15, 0.2) is 0 Å². The van der Waals surface area contributed by atoms with E-state index in [1.54, 1.807) is 39.8 Å². The summed E-state index contributed by atoms with van der Waals surface area (Å²) >= 11 is 0. The van der Waals surface area contributed by atoms with Crippen LogP contribution in [-0.2, 0) is 19.6 Å². The maximum absolute atomic E-state index is 12.3. The average molecular weight is 380 g/mol. The zero-order chi connectivity index (χ0) is 19.4. The van der Waals surface area contributed by atoms with Gasteiger partial charge in [0.2, 0.25) is 0 Å². The number of benzene rings is 2. The summed E-state index contributed by atoms with van der Waals surface area (Å²) in [5.41, 5.74) is -0.609. The zero-order valence-corrected chi connectivity index (χ0v) is 16.1. The fourth-order valence-electron chi connectivity index (χ4n) is 2.17. The van der Waals surface area contributed by atoms with Crippen LogP contribution in [-0.4, -0.2) is 32.8 Å². The lowest BCUT2D eigenvalue weighted by molar-refractivity contribution is 0.0407. The molecule has 1 atom stereocenters. The monoisotopic (exact) mass is 380 g/mol. The first-order valence-corrected chi connectivity index (χ1v) is 9.67. The second kappa shape index (κ2) is 8.03. The summed E-state index contributed by atoms with van der Waals surface area (Å²) in [4.78, 5) is 18.9. The number of fused-ring (bicyclic) bond motifs is 1. The fraction of sp³-hybridized carbons (Fsp3) is 0.389. The van der Waals surface area contributed by atoms with Crippen molar-refractivity contribution in [2.24, 2.45) is 0 Å². The molecule has 0 aliphatic heterocycles. The van der Waals surface area contributed by atoms with Gasteiger partial charge in [-0.25, -0.2) is 13.2 Å². The Morgan fingerprint density at radius 1 is 1.12 bits per heavy atom. The first-order chi connectivity index (χ1) is 12.1.